The molecule has 0 fully saturated rings. The Balaban J connectivity index is 1.70. The van der Waals surface area contributed by atoms with Gasteiger partial charge in [0, 0.05) is 18.1 Å². The molecule has 1 amide bonds. The van der Waals surface area contributed by atoms with Crippen molar-refractivity contribution in [1.82, 2.24) is 9.55 Å². The highest BCUT2D eigenvalue weighted by Gasteiger charge is 2.14. The van der Waals surface area contributed by atoms with Crippen LogP contribution in [0.1, 0.15) is 21.5 Å². The first-order chi connectivity index (χ1) is 13.5. The monoisotopic (exact) mass is 395 g/mol. The van der Waals surface area contributed by atoms with Crippen LogP contribution in [0.2, 0.25) is 0 Å². The highest BCUT2D eigenvalue weighted by atomic mass is 32.2. The molecule has 0 aliphatic heterocycles. The number of nitrogens with zero attached hydrogens (tertiary/aromatic N) is 2. The number of nitrogens with one attached hydrogen (secondary N) is 1. The lowest BCUT2D eigenvalue weighted by Crippen LogP contribution is -2.17. The highest BCUT2D eigenvalue weighted by Crippen LogP contribution is 2.23. The van der Waals surface area contributed by atoms with Gasteiger partial charge in [0.25, 0.3) is 0 Å². The van der Waals surface area contributed by atoms with Crippen LogP contribution in [0.15, 0.2) is 60.0 Å². The number of para-hydroxylation sites is 1. The summed E-state index contributed by atoms with van der Waals surface area (Å²) in [6, 6.07) is 13.0. The average molecular weight is 395 g/mol. The Hall–Kier alpha value is -3.06. The minimum absolute atomic E-state index is 0.164. The summed E-state index contributed by atoms with van der Waals surface area (Å²) >= 11 is 1.33. The number of methoxy groups -OCH3 is 1. The van der Waals surface area contributed by atoms with E-state index in [1.54, 1.807) is 30.5 Å². The second kappa shape index (κ2) is 8.75. The van der Waals surface area contributed by atoms with Crippen molar-refractivity contribution in [3.63, 3.8) is 0 Å². The number of hydrogen-bond donors (Lipinski definition) is 1. The number of aromatic nitrogens is 2. The molecule has 3 rings (SSSR count). The van der Waals surface area contributed by atoms with Crippen LogP contribution in [0, 0.1) is 13.8 Å². The number of rotatable bonds is 6. The van der Waals surface area contributed by atoms with Crippen LogP contribution in [0.4, 0.5) is 5.69 Å². The Labute approximate surface area is 167 Å². The molecule has 1 aromatic heterocycles. The van der Waals surface area contributed by atoms with Crippen molar-refractivity contribution in [3.05, 3.63) is 71.5 Å². The number of ether oxygens (including phenoxy) is 1. The van der Waals surface area contributed by atoms with Crippen LogP contribution in [0.5, 0.6) is 0 Å². The number of aryl methyl sites for hydroxylation is 2. The molecule has 0 spiro atoms. The summed E-state index contributed by atoms with van der Waals surface area (Å²) in [5, 5.41) is 3.49. The van der Waals surface area contributed by atoms with Gasteiger partial charge in [0.2, 0.25) is 5.91 Å². The lowest BCUT2D eigenvalue weighted by atomic mass is 10.1. The van der Waals surface area contributed by atoms with Gasteiger partial charge in [-0.2, -0.15) is 0 Å². The Bertz CT molecular complexity index is 993. The van der Waals surface area contributed by atoms with Crippen LogP contribution in [-0.4, -0.2) is 34.3 Å². The largest absolute Gasteiger partial charge is 0.465 e. The van der Waals surface area contributed by atoms with Crippen molar-refractivity contribution in [1.29, 1.82) is 0 Å². The maximum Gasteiger partial charge on any atom is 0.339 e. The van der Waals surface area contributed by atoms with Gasteiger partial charge in [-0.05, 0) is 49.2 Å². The first kappa shape index (κ1) is 19.7. The third-order valence-corrected chi connectivity index (χ3v) is 5.00. The number of thioether (sulfide) groups is 1. The second-order valence-corrected chi connectivity index (χ2v) is 7.24. The molecule has 0 saturated heterocycles. The molecule has 3 aromatic rings. The summed E-state index contributed by atoms with van der Waals surface area (Å²) < 4.78 is 6.71. The number of esters is 1. The summed E-state index contributed by atoms with van der Waals surface area (Å²) in [6.45, 7) is 4.10. The van der Waals surface area contributed by atoms with E-state index in [0.717, 1.165) is 22.0 Å². The van der Waals surface area contributed by atoms with Crippen molar-refractivity contribution < 1.29 is 14.3 Å². The summed E-state index contributed by atoms with van der Waals surface area (Å²) in [7, 11) is 1.31. The topological polar surface area (TPSA) is 73.2 Å². The molecular formula is C21H21N3O3S. The predicted molar refractivity (Wildman–Crippen MR) is 110 cm³/mol. The van der Waals surface area contributed by atoms with Gasteiger partial charge in [-0.25, -0.2) is 9.78 Å². The number of hydrogen-bond acceptors (Lipinski definition) is 5. The number of anilines is 1. The lowest BCUT2D eigenvalue weighted by molar-refractivity contribution is -0.113. The van der Waals surface area contributed by atoms with Crippen molar-refractivity contribution in [2.24, 2.45) is 0 Å². The lowest BCUT2D eigenvalue weighted by Gasteiger charge is -2.11. The molecule has 0 unspecified atom stereocenters. The molecular weight excluding hydrogens is 374 g/mol. The van der Waals surface area contributed by atoms with Gasteiger partial charge in [0.15, 0.2) is 5.16 Å². The fraction of sp³-hybridized carbons (Fsp3) is 0.190. The zero-order valence-electron chi connectivity index (χ0n) is 15.9. The quantitative estimate of drug-likeness (QED) is 0.504. The molecule has 0 bridgehead atoms. The highest BCUT2D eigenvalue weighted by molar-refractivity contribution is 7.99. The number of amides is 1. The van der Waals surface area contributed by atoms with Gasteiger partial charge in [-0.15, -0.1) is 0 Å². The van der Waals surface area contributed by atoms with Crippen molar-refractivity contribution in [3.8, 4) is 5.69 Å². The first-order valence-corrected chi connectivity index (χ1v) is 9.68. The number of carbonyl (C=O) groups is 2. The molecule has 1 N–H and O–H groups in total. The van der Waals surface area contributed by atoms with E-state index in [1.165, 1.54) is 18.9 Å². The van der Waals surface area contributed by atoms with Gasteiger partial charge < -0.3 is 10.1 Å². The van der Waals surface area contributed by atoms with Gasteiger partial charge in [-0.3, -0.25) is 9.36 Å². The fourth-order valence-electron chi connectivity index (χ4n) is 2.88. The molecule has 0 aliphatic carbocycles. The van der Waals surface area contributed by atoms with Crippen LogP contribution < -0.4 is 5.32 Å². The first-order valence-electron chi connectivity index (χ1n) is 8.70. The van der Waals surface area contributed by atoms with E-state index < -0.39 is 5.97 Å². The Morgan fingerprint density at radius 2 is 1.86 bits per heavy atom. The van der Waals surface area contributed by atoms with Crippen LogP contribution >= 0.6 is 11.8 Å². The third-order valence-electron chi connectivity index (χ3n) is 4.03. The van der Waals surface area contributed by atoms with Gasteiger partial charge in [-0.1, -0.05) is 30.0 Å². The molecule has 0 radical (unpaired) electrons. The minimum atomic E-state index is -0.492. The summed E-state index contributed by atoms with van der Waals surface area (Å²) in [5.74, 6) is -0.553. The standard InChI is InChI=1S/C21H21N3O3S/c1-14-10-15(2)12-16(11-14)24-9-8-22-21(24)28-13-19(25)23-18-7-5-4-6-17(18)20(26)27-3/h4-12H,13H2,1-3H3,(H,23,25). The third kappa shape index (κ3) is 4.61. The number of carbonyl (C=O) groups excluding carboxylic acids is 2. The minimum Gasteiger partial charge on any atom is -0.465 e. The Morgan fingerprint density at radius 1 is 1.14 bits per heavy atom. The van der Waals surface area contributed by atoms with E-state index >= 15 is 0 Å². The maximum absolute atomic E-state index is 12.4. The Kier molecular flexibility index (Phi) is 6.16. The van der Waals surface area contributed by atoms with E-state index in [9.17, 15) is 9.59 Å². The molecule has 6 nitrogen and oxygen atoms in total. The van der Waals surface area contributed by atoms with E-state index in [-0.39, 0.29) is 11.7 Å². The van der Waals surface area contributed by atoms with E-state index in [0.29, 0.717) is 11.3 Å². The fourth-order valence-corrected chi connectivity index (χ4v) is 3.65. The SMILES string of the molecule is COC(=O)c1ccccc1NC(=O)CSc1nccn1-c1cc(C)cc(C)c1. The van der Waals surface area contributed by atoms with E-state index in [4.69, 9.17) is 4.74 Å². The summed E-state index contributed by atoms with van der Waals surface area (Å²) in [5.41, 5.74) is 4.08. The molecule has 0 aliphatic rings. The Morgan fingerprint density at radius 3 is 2.57 bits per heavy atom. The van der Waals surface area contributed by atoms with Gasteiger partial charge in [0.05, 0.1) is 24.1 Å². The van der Waals surface area contributed by atoms with Crippen LogP contribution in [0.3, 0.4) is 0 Å². The summed E-state index contributed by atoms with van der Waals surface area (Å²) in [4.78, 5) is 28.6. The summed E-state index contributed by atoms with van der Waals surface area (Å²) in [6.07, 6.45) is 3.59. The van der Waals surface area contributed by atoms with Crippen molar-refractivity contribution in [2.75, 3.05) is 18.2 Å². The molecule has 144 valence electrons. The van der Waals surface area contributed by atoms with E-state index in [1.807, 2.05) is 24.6 Å². The number of imidazole rings is 1. The second-order valence-electron chi connectivity index (χ2n) is 6.30. The molecule has 7 heteroatoms. The van der Waals surface area contributed by atoms with Gasteiger partial charge in [0.1, 0.15) is 0 Å². The van der Waals surface area contributed by atoms with Crippen LogP contribution in [0.25, 0.3) is 5.69 Å². The molecule has 0 saturated carbocycles. The predicted octanol–water partition coefficient (Wildman–Crippen LogP) is 4.01. The van der Waals surface area contributed by atoms with Crippen molar-refractivity contribution in [2.45, 2.75) is 19.0 Å². The zero-order valence-corrected chi connectivity index (χ0v) is 16.7. The maximum atomic E-state index is 12.4. The zero-order chi connectivity index (χ0) is 20.1. The van der Waals surface area contributed by atoms with Crippen molar-refractivity contribution >= 4 is 29.3 Å². The molecule has 0 atom stereocenters. The normalized spacial score (nSPS) is 10.5. The molecule has 1 heterocycles. The van der Waals surface area contributed by atoms with E-state index in [2.05, 4.69) is 28.5 Å². The van der Waals surface area contributed by atoms with Gasteiger partial charge >= 0.3 is 5.97 Å². The average Bonchev–Trinajstić information content (AvgIpc) is 3.14. The van der Waals surface area contributed by atoms with Crippen LogP contribution in [-0.2, 0) is 9.53 Å². The smallest absolute Gasteiger partial charge is 0.339 e. The number of benzene rings is 2. The molecule has 2 aromatic carbocycles. The molecule has 28 heavy (non-hydrogen) atoms.